The Hall–Kier alpha value is -1.06. The Labute approximate surface area is 117 Å². The maximum absolute atomic E-state index is 3.45. The van der Waals surface area contributed by atoms with Crippen molar-refractivity contribution < 1.29 is 0 Å². The monoisotopic (exact) mass is 261 g/mol. The summed E-state index contributed by atoms with van der Waals surface area (Å²) in [6, 6.07) is 8.95. The van der Waals surface area contributed by atoms with Crippen molar-refractivity contribution in [1.29, 1.82) is 0 Å². The molecule has 1 N–H and O–H groups in total. The van der Waals surface area contributed by atoms with E-state index in [0.29, 0.717) is 0 Å². The van der Waals surface area contributed by atoms with Crippen LogP contribution in [0.3, 0.4) is 0 Å². The molecule has 3 heteroatoms. The first-order chi connectivity index (χ1) is 9.29. The Morgan fingerprint density at radius 3 is 2.68 bits per heavy atom. The van der Waals surface area contributed by atoms with Crippen LogP contribution >= 0.6 is 0 Å². The standard InChI is InChI=1S/C16H27N3/c1-3-15-5-7-16(8-6-15)18(2)13-14-19-11-4-9-17-10-12-19/h5-8,17H,3-4,9-14H2,1-2H3. The van der Waals surface area contributed by atoms with E-state index < -0.39 is 0 Å². The van der Waals surface area contributed by atoms with Gasteiger partial charge in [0, 0.05) is 38.9 Å². The van der Waals surface area contributed by atoms with Crippen LogP contribution in [0.1, 0.15) is 18.9 Å². The quantitative estimate of drug-likeness (QED) is 0.874. The van der Waals surface area contributed by atoms with Crippen molar-refractivity contribution >= 4 is 5.69 Å². The van der Waals surface area contributed by atoms with Gasteiger partial charge >= 0.3 is 0 Å². The summed E-state index contributed by atoms with van der Waals surface area (Å²) in [6.45, 7) is 9.18. The van der Waals surface area contributed by atoms with Gasteiger partial charge in [-0.15, -0.1) is 0 Å². The molecule has 1 saturated heterocycles. The lowest BCUT2D eigenvalue weighted by Crippen LogP contribution is -2.35. The predicted octanol–water partition coefficient (Wildman–Crippen LogP) is 1.98. The van der Waals surface area contributed by atoms with Gasteiger partial charge in [0.2, 0.25) is 0 Å². The molecule has 1 aliphatic heterocycles. The van der Waals surface area contributed by atoms with Crippen molar-refractivity contribution in [2.45, 2.75) is 19.8 Å². The van der Waals surface area contributed by atoms with Crippen LogP contribution in [0.5, 0.6) is 0 Å². The number of nitrogens with zero attached hydrogens (tertiary/aromatic N) is 2. The molecule has 3 nitrogen and oxygen atoms in total. The molecule has 0 atom stereocenters. The highest BCUT2D eigenvalue weighted by Crippen LogP contribution is 2.14. The Bertz CT molecular complexity index is 353. The number of hydrogen-bond acceptors (Lipinski definition) is 3. The van der Waals surface area contributed by atoms with Crippen LogP contribution in [-0.4, -0.2) is 51.2 Å². The van der Waals surface area contributed by atoms with Gasteiger partial charge in [0.1, 0.15) is 0 Å². The van der Waals surface area contributed by atoms with E-state index in [4.69, 9.17) is 0 Å². The van der Waals surface area contributed by atoms with Gasteiger partial charge in [0.25, 0.3) is 0 Å². The Morgan fingerprint density at radius 2 is 1.95 bits per heavy atom. The molecule has 1 aromatic rings. The number of benzene rings is 1. The highest BCUT2D eigenvalue weighted by Gasteiger charge is 2.09. The number of hydrogen-bond donors (Lipinski definition) is 1. The van der Waals surface area contributed by atoms with Gasteiger partial charge in [-0.1, -0.05) is 19.1 Å². The number of anilines is 1. The van der Waals surface area contributed by atoms with Gasteiger partial charge in [-0.3, -0.25) is 0 Å². The molecule has 0 amide bonds. The van der Waals surface area contributed by atoms with Crippen molar-refractivity contribution in [3.63, 3.8) is 0 Å². The Morgan fingerprint density at radius 1 is 1.16 bits per heavy atom. The molecule has 0 spiro atoms. The smallest absolute Gasteiger partial charge is 0.0364 e. The molecule has 1 fully saturated rings. The van der Waals surface area contributed by atoms with Crippen LogP contribution in [0.2, 0.25) is 0 Å². The average molecular weight is 261 g/mol. The molecule has 2 rings (SSSR count). The first kappa shape index (κ1) is 14.4. The van der Waals surface area contributed by atoms with Crippen molar-refractivity contribution in [2.24, 2.45) is 0 Å². The van der Waals surface area contributed by atoms with E-state index in [1.807, 2.05) is 0 Å². The minimum Gasteiger partial charge on any atom is -0.373 e. The lowest BCUT2D eigenvalue weighted by Gasteiger charge is -2.25. The van der Waals surface area contributed by atoms with Crippen molar-refractivity contribution in [2.75, 3.05) is 51.2 Å². The lowest BCUT2D eigenvalue weighted by atomic mass is 10.1. The molecule has 0 radical (unpaired) electrons. The zero-order chi connectivity index (χ0) is 13.5. The van der Waals surface area contributed by atoms with Crippen LogP contribution in [0.25, 0.3) is 0 Å². The van der Waals surface area contributed by atoms with Gasteiger partial charge in [-0.05, 0) is 43.6 Å². The third-order valence-corrected chi connectivity index (χ3v) is 3.97. The fourth-order valence-electron chi connectivity index (χ4n) is 2.53. The fourth-order valence-corrected chi connectivity index (χ4v) is 2.53. The second-order valence-electron chi connectivity index (χ2n) is 5.39. The maximum atomic E-state index is 3.45. The average Bonchev–Trinajstić information content (AvgIpc) is 2.73. The molecule has 0 bridgehead atoms. The molecular weight excluding hydrogens is 234 g/mol. The summed E-state index contributed by atoms with van der Waals surface area (Å²) >= 11 is 0. The Balaban J connectivity index is 1.80. The second kappa shape index (κ2) is 7.51. The number of nitrogens with one attached hydrogen (secondary N) is 1. The molecule has 19 heavy (non-hydrogen) atoms. The van der Waals surface area contributed by atoms with Gasteiger partial charge in [-0.25, -0.2) is 0 Å². The summed E-state index contributed by atoms with van der Waals surface area (Å²) in [6.07, 6.45) is 2.39. The molecule has 1 heterocycles. The molecule has 1 aromatic carbocycles. The number of likely N-dealkylation sites (N-methyl/N-ethyl adjacent to an activating group) is 1. The fraction of sp³-hybridized carbons (Fsp3) is 0.625. The summed E-state index contributed by atoms with van der Waals surface area (Å²) in [7, 11) is 2.19. The van der Waals surface area contributed by atoms with E-state index in [1.165, 1.54) is 37.3 Å². The van der Waals surface area contributed by atoms with Crippen molar-refractivity contribution in [3.8, 4) is 0 Å². The van der Waals surface area contributed by atoms with Crippen molar-refractivity contribution in [3.05, 3.63) is 29.8 Å². The molecule has 0 unspecified atom stereocenters. The second-order valence-corrected chi connectivity index (χ2v) is 5.39. The van der Waals surface area contributed by atoms with E-state index in [9.17, 15) is 0 Å². The van der Waals surface area contributed by atoms with Crippen LogP contribution in [0.4, 0.5) is 5.69 Å². The predicted molar refractivity (Wildman–Crippen MR) is 83.0 cm³/mol. The van der Waals surface area contributed by atoms with Gasteiger partial charge in [-0.2, -0.15) is 0 Å². The third kappa shape index (κ3) is 4.51. The van der Waals surface area contributed by atoms with Crippen LogP contribution in [0.15, 0.2) is 24.3 Å². The van der Waals surface area contributed by atoms with Gasteiger partial charge < -0.3 is 15.1 Å². The molecule has 106 valence electrons. The van der Waals surface area contributed by atoms with Crippen molar-refractivity contribution in [1.82, 2.24) is 10.2 Å². The topological polar surface area (TPSA) is 18.5 Å². The molecular formula is C16H27N3. The molecule has 0 aromatic heterocycles. The van der Waals surface area contributed by atoms with E-state index in [0.717, 1.165) is 26.1 Å². The van der Waals surface area contributed by atoms with Crippen LogP contribution in [0, 0.1) is 0 Å². The van der Waals surface area contributed by atoms with E-state index in [-0.39, 0.29) is 0 Å². The van der Waals surface area contributed by atoms with Gasteiger partial charge in [0.15, 0.2) is 0 Å². The normalized spacial score (nSPS) is 17.2. The molecule has 0 saturated carbocycles. The highest BCUT2D eigenvalue weighted by atomic mass is 15.2. The van der Waals surface area contributed by atoms with E-state index in [1.54, 1.807) is 0 Å². The van der Waals surface area contributed by atoms with E-state index in [2.05, 4.69) is 53.4 Å². The largest absolute Gasteiger partial charge is 0.373 e. The summed E-state index contributed by atoms with van der Waals surface area (Å²) in [5, 5.41) is 3.45. The Kier molecular flexibility index (Phi) is 5.67. The maximum Gasteiger partial charge on any atom is 0.0364 e. The number of aryl methyl sites for hydroxylation is 1. The zero-order valence-corrected chi connectivity index (χ0v) is 12.4. The molecule has 1 aliphatic rings. The first-order valence-corrected chi connectivity index (χ1v) is 7.52. The molecule has 0 aliphatic carbocycles. The van der Waals surface area contributed by atoms with Crippen LogP contribution in [-0.2, 0) is 6.42 Å². The third-order valence-electron chi connectivity index (χ3n) is 3.97. The minimum absolute atomic E-state index is 1.10. The summed E-state index contributed by atoms with van der Waals surface area (Å²) in [4.78, 5) is 4.93. The SMILES string of the molecule is CCc1ccc(N(C)CCN2CCCNCC2)cc1. The number of rotatable bonds is 5. The minimum atomic E-state index is 1.10. The zero-order valence-electron chi connectivity index (χ0n) is 12.4. The van der Waals surface area contributed by atoms with Gasteiger partial charge in [0.05, 0.1) is 0 Å². The van der Waals surface area contributed by atoms with E-state index >= 15 is 0 Å². The highest BCUT2D eigenvalue weighted by molar-refractivity contribution is 5.46. The summed E-state index contributed by atoms with van der Waals surface area (Å²) in [5.41, 5.74) is 2.74. The summed E-state index contributed by atoms with van der Waals surface area (Å²) < 4.78 is 0. The van der Waals surface area contributed by atoms with Crippen LogP contribution < -0.4 is 10.2 Å². The summed E-state index contributed by atoms with van der Waals surface area (Å²) in [5.74, 6) is 0. The lowest BCUT2D eigenvalue weighted by molar-refractivity contribution is 0.299. The first-order valence-electron chi connectivity index (χ1n) is 7.52.